The Balaban J connectivity index is 2.10. The third-order valence-corrected chi connectivity index (χ3v) is 7.01. The van der Waals surface area contributed by atoms with Crippen LogP contribution in [0, 0.1) is 5.92 Å². The van der Waals surface area contributed by atoms with Gasteiger partial charge in [-0.15, -0.1) is 11.8 Å². The van der Waals surface area contributed by atoms with Gasteiger partial charge in [-0.3, -0.25) is 4.21 Å². The van der Waals surface area contributed by atoms with Gasteiger partial charge in [0.1, 0.15) is 5.75 Å². The molecule has 2 unspecified atom stereocenters. The van der Waals surface area contributed by atoms with Gasteiger partial charge in [-0.1, -0.05) is 31.5 Å². The van der Waals surface area contributed by atoms with Gasteiger partial charge in [0, 0.05) is 24.1 Å². The number of carbonyl (C=O) groups is 1. The largest absolute Gasteiger partial charge is 0.478 e. The molecule has 0 bridgehead atoms. The molecule has 0 radical (unpaired) electrons. The molecule has 3 rings (SSSR count). The van der Waals surface area contributed by atoms with E-state index >= 15 is 0 Å². The number of para-hydroxylation sites is 1. The van der Waals surface area contributed by atoms with E-state index in [1.165, 1.54) is 11.8 Å². The molecule has 0 amide bonds. The van der Waals surface area contributed by atoms with E-state index in [0.29, 0.717) is 17.4 Å². The topological polar surface area (TPSA) is 66.8 Å². The van der Waals surface area contributed by atoms with Gasteiger partial charge in [-0.05, 0) is 30.4 Å². The van der Waals surface area contributed by atoms with Crippen molar-refractivity contribution in [2.75, 3.05) is 23.5 Å². The summed E-state index contributed by atoms with van der Waals surface area (Å²) in [5.74, 6) is 0.336. The summed E-state index contributed by atoms with van der Waals surface area (Å²) in [6, 6.07) is 13.9. The van der Waals surface area contributed by atoms with Gasteiger partial charge in [0.25, 0.3) is 0 Å². The fraction of sp³-hybridized carbons (Fsp3) is 0.286. The molecule has 2 aromatic rings. The van der Waals surface area contributed by atoms with Crippen LogP contribution in [0.3, 0.4) is 0 Å². The van der Waals surface area contributed by atoms with Gasteiger partial charge < -0.3 is 14.7 Å². The first kappa shape index (κ1) is 20.5. The predicted molar refractivity (Wildman–Crippen MR) is 114 cm³/mol. The molecule has 0 aromatic heterocycles. The van der Waals surface area contributed by atoms with E-state index in [1.54, 1.807) is 6.07 Å². The van der Waals surface area contributed by atoms with Gasteiger partial charge in [0.05, 0.1) is 38.6 Å². The van der Waals surface area contributed by atoms with Gasteiger partial charge >= 0.3 is 5.97 Å². The van der Waals surface area contributed by atoms with Gasteiger partial charge in [-0.25, -0.2) is 4.79 Å². The van der Waals surface area contributed by atoms with Crippen LogP contribution in [-0.4, -0.2) is 33.8 Å². The van der Waals surface area contributed by atoms with Crippen molar-refractivity contribution in [3.63, 3.8) is 0 Å². The number of ether oxygens (including phenoxy) is 1. The van der Waals surface area contributed by atoms with E-state index in [1.807, 2.05) is 30.5 Å². The second kappa shape index (κ2) is 9.30. The smallest absolute Gasteiger partial charge is 0.331 e. The minimum absolute atomic E-state index is 0.308. The summed E-state index contributed by atoms with van der Waals surface area (Å²) < 4.78 is 18.6. The number of anilines is 2. The Hall–Kier alpha value is -2.25. The summed E-state index contributed by atoms with van der Waals surface area (Å²) in [4.78, 5) is 14.5. The highest BCUT2D eigenvalue weighted by Gasteiger charge is 2.28. The minimum atomic E-state index is -1.16. The third kappa shape index (κ3) is 4.59. The van der Waals surface area contributed by atoms with Crippen LogP contribution in [0.5, 0.6) is 5.75 Å². The third-order valence-electron chi connectivity index (χ3n) is 4.66. The molecule has 0 fully saturated rings. The van der Waals surface area contributed by atoms with E-state index in [0.717, 1.165) is 46.5 Å². The average Bonchev–Trinajstić information content (AvgIpc) is 2.84. The van der Waals surface area contributed by atoms with E-state index in [2.05, 4.69) is 24.0 Å². The highest BCUT2D eigenvalue weighted by molar-refractivity contribution is 7.98. The SMILES string of the molecule is CCC1CN(c2ccccc2)c2cc(SC)c(O/C=C/C(=O)O)cc2S(=O)C1. The van der Waals surface area contributed by atoms with Crippen LogP contribution in [0.1, 0.15) is 13.3 Å². The van der Waals surface area contributed by atoms with Crippen LogP contribution in [0.4, 0.5) is 11.4 Å². The molecule has 2 atom stereocenters. The molecule has 1 aliphatic rings. The van der Waals surface area contributed by atoms with Crippen molar-refractivity contribution in [1.29, 1.82) is 0 Å². The number of thioether (sulfide) groups is 1. The van der Waals surface area contributed by atoms with Gasteiger partial charge in [0.2, 0.25) is 0 Å². The average molecular weight is 418 g/mol. The van der Waals surface area contributed by atoms with Crippen LogP contribution in [0.15, 0.2) is 64.6 Å². The normalized spacial score (nSPS) is 19.3. The maximum atomic E-state index is 13.1. The number of hydrogen-bond donors (Lipinski definition) is 1. The van der Waals surface area contributed by atoms with Crippen LogP contribution in [0.2, 0.25) is 0 Å². The van der Waals surface area contributed by atoms with E-state index in [9.17, 15) is 9.00 Å². The quantitative estimate of drug-likeness (QED) is 0.418. The highest BCUT2D eigenvalue weighted by Crippen LogP contribution is 2.42. The molecule has 148 valence electrons. The van der Waals surface area contributed by atoms with Crippen molar-refractivity contribution < 1.29 is 18.8 Å². The predicted octanol–water partition coefficient (Wildman–Crippen LogP) is 4.67. The lowest BCUT2D eigenvalue weighted by Crippen LogP contribution is -2.25. The van der Waals surface area contributed by atoms with Crippen LogP contribution in [0.25, 0.3) is 0 Å². The molecule has 0 spiro atoms. The summed E-state index contributed by atoms with van der Waals surface area (Å²) in [6.45, 7) is 2.92. The molecule has 7 heteroatoms. The molecule has 2 aromatic carbocycles. The molecule has 0 saturated heterocycles. The number of hydrogen-bond acceptors (Lipinski definition) is 5. The van der Waals surface area contributed by atoms with Crippen LogP contribution < -0.4 is 9.64 Å². The van der Waals surface area contributed by atoms with E-state index in [4.69, 9.17) is 9.84 Å². The Labute approximate surface area is 171 Å². The minimum Gasteiger partial charge on any atom is -0.478 e. The summed E-state index contributed by atoms with van der Waals surface area (Å²) in [6.07, 6.45) is 4.97. The molecule has 1 N–H and O–H groups in total. The highest BCUT2D eigenvalue weighted by atomic mass is 32.2. The Morgan fingerprint density at radius 2 is 2.11 bits per heavy atom. The molecule has 5 nitrogen and oxygen atoms in total. The zero-order valence-corrected chi connectivity index (χ0v) is 17.5. The Kier molecular flexibility index (Phi) is 6.80. The summed E-state index contributed by atoms with van der Waals surface area (Å²) >= 11 is 1.51. The number of benzene rings is 2. The lowest BCUT2D eigenvalue weighted by Gasteiger charge is -2.27. The summed E-state index contributed by atoms with van der Waals surface area (Å²) in [5.41, 5.74) is 1.98. The van der Waals surface area contributed by atoms with Crippen molar-refractivity contribution in [2.24, 2.45) is 5.92 Å². The maximum Gasteiger partial charge on any atom is 0.331 e. The van der Waals surface area contributed by atoms with Crippen LogP contribution >= 0.6 is 11.8 Å². The Bertz CT molecular complexity index is 899. The number of nitrogens with zero attached hydrogens (tertiary/aromatic N) is 1. The first-order valence-electron chi connectivity index (χ1n) is 9.02. The second-order valence-corrected chi connectivity index (χ2v) is 8.77. The Morgan fingerprint density at radius 3 is 2.75 bits per heavy atom. The molecular weight excluding hydrogens is 394 g/mol. The summed E-state index contributed by atoms with van der Waals surface area (Å²) in [7, 11) is -1.16. The zero-order chi connectivity index (χ0) is 20.1. The Morgan fingerprint density at radius 1 is 1.36 bits per heavy atom. The number of carboxylic acid groups (broad SMARTS) is 1. The maximum absolute atomic E-state index is 13.1. The summed E-state index contributed by atoms with van der Waals surface area (Å²) in [5, 5.41) is 8.78. The first-order valence-corrected chi connectivity index (χ1v) is 11.6. The fourth-order valence-electron chi connectivity index (χ4n) is 3.15. The second-order valence-electron chi connectivity index (χ2n) is 6.46. The molecule has 0 saturated carbocycles. The van der Waals surface area contributed by atoms with Gasteiger partial charge in [-0.2, -0.15) is 0 Å². The number of rotatable bonds is 6. The number of aliphatic carboxylic acids is 1. The van der Waals surface area contributed by atoms with Crippen LogP contribution in [-0.2, 0) is 15.6 Å². The zero-order valence-electron chi connectivity index (χ0n) is 15.8. The van der Waals surface area contributed by atoms with Crippen molar-refractivity contribution in [3.8, 4) is 5.75 Å². The molecule has 1 heterocycles. The van der Waals surface area contributed by atoms with Crippen molar-refractivity contribution >= 4 is 39.9 Å². The molecule has 0 aliphatic carbocycles. The lowest BCUT2D eigenvalue weighted by atomic mass is 10.1. The number of carboxylic acids is 1. The standard InChI is InChI=1S/C21H23NO4S2/c1-3-15-13-22(16-7-5-4-6-8-16)17-11-19(27-2)18(26-10-9-21(23)24)12-20(17)28(25)14-15/h4-12,15H,3,13-14H2,1-2H3,(H,23,24)/b10-9+. The van der Waals surface area contributed by atoms with Gasteiger partial charge in [0.15, 0.2) is 0 Å². The van der Waals surface area contributed by atoms with Crippen molar-refractivity contribution in [1.82, 2.24) is 0 Å². The fourth-order valence-corrected chi connectivity index (χ4v) is 5.28. The molecule has 28 heavy (non-hydrogen) atoms. The monoisotopic (exact) mass is 417 g/mol. The molecule has 1 aliphatic heterocycles. The van der Waals surface area contributed by atoms with E-state index < -0.39 is 16.8 Å². The first-order chi connectivity index (χ1) is 13.5. The van der Waals surface area contributed by atoms with Crippen molar-refractivity contribution in [3.05, 3.63) is 54.8 Å². The van der Waals surface area contributed by atoms with Crippen molar-refractivity contribution in [2.45, 2.75) is 23.1 Å². The number of fused-ring (bicyclic) bond motifs is 1. The lowest BCUT2D eigenvalue weighted by molar-refractivity contribution is -0.131. The molecular formula is C21H23NO4S2. The van der Waals surface area contributed by atoms with E-state index in [-0.39, 0.29) is 0 Å².